The number of hydrogen-bond donors (Lipinski definition) is 2. The molecule has 8 nitrogen and oxygen atoms in total. The Morgan fingerprint density at radius 3 is 2.42 bits per heavy atom. The molecule has 0 saturated carbocycles. The van der Waals surface area contributed by atoms with Gasteiger partial charge in [-0.3, -0.25) is 4.99 Å². The van der Waals surface area contributed by atoms with Gasteiger partial charge in [-0.05, 0) is 31.2 Å². The summed E-state index contributed by atoms with van der Waals surface area (Å²) in [4.78, 5) is 14.8. The number of aromatic amines is 1. The van der Waals surface area contributed by atoms with Crippen LogP contribution in [0, 0.1) is 0 Å². The van der Waals surface area contributed by atoms with Crippen molar-refractivity contribution < 1.29 is 19.0 Å². The van der Waals surface area contributed by atoms with Crippen molar-refractivity contribution in [1.82, 2.24) is 9.97 Å². The van der Waals surface area contributed by atoms with Crippen LogP contribution in [0.25, 0.3) is 11.0 Å². The molecule has 0 radical (unpaired) electrons. The lowest BCUT2D eigenvalue weighted by Gasteiger charge is -2.37. The van der Waals surface area contributed by atoms with E-state index in [0.717, 1.165) is 16.7 Å². The number of H-pyrrole nitrogens is 1. The van der Waals surface area contributed by atoms with Crippen molar-refractivity contribution in [2.75, 3.05) is 26.2 Å². The Morgan fingerprint density at radius 1 is 1.09 bits per heavy atom. The summed E-state index contributed by atoms with van der Waals surface area (Å²) in [5.74, 6) is 2.63. The Hall–Kier alpha value is -3.78. The molecule has 1 fully saturated rings. The molecule has 1 aliphatic heterocycles. The van der Waals surface area contributed by atoms with Gasteiger partial charge in [0.05, 0.1) is 37.2 Å². The highest BCUT2D eigenvalue weighted by atomic mass is 16.5. The van der Waals surface area contributed by atoms with Crippen LogP contribution in [-0.4, -0.2) is 48.3 Å². The Kier molecular flexibility index (Phi) is 5.09. The molecule has 3 unspecified atom stereocenters. The number of aromatic nitrogens is 2. The third-order valence-electron chi connectivity index (χ3n) is 6.41. The van der Waals surface area contributed by atoms with E-state index in [1.54, 1.807) is 33.6 Å². The molecule has 0 aliphatic carbocycles. The van der Waals surface area contributed by atoms with E-state index < -0.39 is 17.6 Å². The van der Waals surface area contributed by atoms with Crippen LogP contribution in [0.3, 0.4) is 0 Å². The Morgan fingerprint density at radius 2 is 1.82 bits per heavy atom. The first-order valence-corrected chi connectivity index (χ1v) is 10.7. The van der Waals surface area contributed by atoms with Gasteiger partial charge in [0.2, 0.25) is 0 Å². The second kappa shape index (κ2) is 7.97. The van der Waals surface area contributed by atoms with Gasteiger partial charge in [0.15, 0.2) is 0 Å². The lowest BCUT2D eigenvalue weighted by Crippen LogP contribution is -2.46. The molecule has 0 spiro atoms. The van der Waals surface area contributed by atoms with Crippen molar-refractivity contribution in [2.45, 2.75) is 24.5 Å². The van der Waals surface area contributed by atoms with E-state index in [1.807, 2.05) is 60.4 Å². The van der Waals surface area contributed by atoms with Crippen LogP contribution in [0.4, 0.5) is 5.69 Å². The van der Waals surface area contributed by atoms with Gasteiger partial charge in [-0.1, -0.05) is 12.1 Å². The number of anilines is 1. The van der Waals surface area contributed by atoms with E-state index in [4.69, 9.17) is 18.9 Å². The van der Waals surface area contributed by atoms with Crippen molar-refractivity contribution in [1.29, 1.82) is 0 Å². The number of para-hydroxylation sites is 2. The second-order valence-corrected chi connectivity index (χ2v) is 8.17. The summed E-state index contributed by atoms with van der Waals surface area (Å²) in [5.41, 5.74) is 1.51. The minimum absolute atomic E-state index is 0.519. The highest BCUT2D eigenvalue weighted by Gasteiger charge is 2.58. The number of hydrogen-bond acceptors (Lipinski definition) is 6. The Balaban J connectivity index is 1.74. The van der Waals surface area contributed by atoms with Crippen LogP contribution in [0.1, 0.15) is 24.4 Å². The molecule has 3 heterocycles. The summed E-state index contributed by atoms with van der Waals surface area (Å²) in [6.07, 6.45) is 0.690. The Labute approximate surface area is 191 Å². The maximum atomic E-state index is 11.8. The summed E-state index contributed by atoms with van der Waals surface area (Å²) >= 11 is 0. The van der Waals surface area contributed by atoms with Gasteiger partial charge < -0.3 is 28.9 Å². The SMILES string of the molecule is CN=C1C(c2nc3ccccc3[nH]2)C(O)C(C)(c2ccco2)N1c1cc(OC)cc(OC)c1. The van der Waals surface area contributed by atoms with Crippen LogP contribution in [0.15, 0.2) is 70.3 Å². The van der Waals surface area contributed by atoms with Gasteiger partial charge in [-0.15, -0.1) is 0 Å². The van der Waals surface area contributed by atoms with E-state index in [2.05, 4.69) is 9.98 Å². The first-order valence-electron chi connectivity index (χ1n) is 10.7. The standard InChI is InChI=1S/C25H26N4O4/c1-25(20-10-7-11-33-20)22(30)21(23-27-18-8-5-6-9-19(18)28-23)24(26-2)29(25)15-12-16(31-3)14-17(13-15)32-4/h5-14,21-22,30H,1-4H3,(H,27,28). The van der Waals surface area contributed by atoms with Crippen LogP contribution in [-0.2, 0) is 5.54 Å². The first kappa shape index (κ1) is 21.1. The number of nitrogens with one attached hydrogen (secondary N) is 1. The minimum atomic E-state index is -0.973. The molecule has 3 atom stereocenters. The number of ether oxygens (including phenoxy) is 2. The molecule has 2 aromatic heterocycles. The summed E-state index contributed by atoms with van der Waals surface area (Å²) in [7, 11) is 4.93. The molecule has 1 saturated heterocycles. The first-order chi connectivity index (χ1) is 16.0. The van der Waals surface area contributed by atoms with Crippen molar-refractivity contribution in [3.8, 4) is 11.5 Å². The maximum absolute atomic E-state index is 11.8. The minimum Gasteiger partial charge on any atom is -0.497 e. The molecule has 33 heavy (non-hydrogen) atoms. The molecular weight excluding hydrogens is 420 g/mol. The van der Waals surface area contributed by atoms with Crippen LogP contribution in [0.5, 0.6) is 11.5 Å². The number of furan rings is 1. The maximum Gasteiger partial charge on any atom is 0.132 e. The zero-order valence-corrected chi connectivity index (χ0v) is 18.9. The third kappa shape index (κ3) is 3.17. The number of imidazole rings is 1. The normalized spacial score (nSPS) is 24.0. The van der Waals surface area contributed by atoms with E-state index in [0.29, 0.717) is 28.9 Å². The molecule has 8 heteroatoms. The lowest BCUT2D eigenvalue weighted by atomic mass is 9.87. The summed E-state index contributed by atoms with van der Waals surface area (Å²) in [6, 6.07) is 17.1. The van der Waals surface area contributed by atoms with Gasteiger partial charge in [0, 0.05) is 25.2 Å². The van der Waals surface area contributed by atoms with Crippen molar-refractivity contribution in [2.24, 2.45) is 4.99 Å². The number of aliphatic hydroxyl groups is 1. The molecule has 170 valence electrons. The fourth-order valence-electron chi connectivity index (χ4n) is 4.75. The summed E-state index contributed by atoms with van der Waals surface area (Å²) < 4.78 is 16.9. The van der Waals surface area contributed by atoms with E-state index in [1.165, 1.54) is 0 Å². The van der Waals surface area contributed by atoms with E-state index in [-0.39, 0.29) is 0 Å². The zero-order chi connectivity index (χ0) is 23.2. The van der Waals surface area contributed by atoms with Gasteiger partial charge in [0.1, 0.15) is 46.5 Å². The number of methoxy groups -OCH3 is 2. The Bertz CT molecular complexity index is 1260. The predicted octanol–water partition coefficient (Wildman–Crippen LogP) is 4.08. The number of fused-ring (bicyclic) bond motifs is 1. The molecule has 4 aromatic rings. The number of aliphatic imine (C=N–C) groups is 1. The summed E-state index contributed by atoms with van der Waals surface area (Å²) in [6.45, 7) is 1.94. The predicted molar refractivity (Wildman–Crippen MR) is 126 cm³/mol. The molecule has 5 rings (SSSR count). The van der Waals surface area contributed by atoms with Gasteiger partial charge >= 0.3 is 0 Å². The van der Waals surface area contributed by atoms with Crippen molar-refractivity contribution in [3.63, 3.8) is 0 Å². The number of amidine groups is 1. The second-order valence-electron chi connectivity index (χ2n) is 8.17. The van der Waals surface area contributed by atoms with Gasteiger partial charge in [-0.2, -0.15) is 0 Å². The van der Waals surface area contributed by atoms with Crippen LogP contribution >= 0.6 is 0 Å². The zero-order valence-electron chi connectivity index (χ0n) is 18.9. The van der Waals surface area contributed by atoms with Crippen molar-refractivity contribution in [3.05, 3.63) is 72.4 Å². The number of benzene rings is 2. The molecule has 1 aliphatic rings. The van der Waals surface area contributed by atoms with Crippen LogP contribution in [0.2, 0.25) is 0 Å². The van der Waals surface area contributed by atoms with E-state index in [9.17, 15) is 5.11 Å². The fourth-order valence-corrected chi connectivity index (χ4v) is 4.75. The van der Waals surface area contributed by atoms with Crippen LogP contribution < -0.4 is 14.4 Å². The average molecular weight is 447 g/mol. The summed E-state index contributed by atoms with van der Waals surface area (Å²) in [5, 5.41) is 11.8. The largest absolute Gasteiger partial charge is 0.497 e. The third-order valence-corrected chi connectivity index (χ3v) is 6.41. The number of aliphatic hydroxyl groups excluding tert-OH is 1. The highest BCUT2D eigenvalue weighted by molar-refractivity contribution is 6.07. The quantitative estimate of drug-likeness (QED) is 0.480. The average Bonchev–Trinajstić information content (AvgIpc) is 3.56. The highest BCUT2D eigenvalue weighted by Crippen LogP contribution is 2.50. The van der Waals surface area contributed by atoms with Gasteiger partial charge in [-0.25, -0.2) is 4.98 Å². The topological polar surface area (TPSA) is 96.1 Å². The lowest BCUT2D eigenvalue weighted by molar-refractivity contribution is 0.0901. The molecule has 2 aromatic carbocycles. The monoisotopic (exact) mass is 446 g/mol. The molecular formula is C25H26N4O4. The van der Waals surface area contributed by atoms with E-state index >= 15 is 0 Å². The van der Waals surface area contributed by atoms with Crippen molar-refractivity contribution >= 4 is 22.6 Å². The molecule has 0 amide bonds. The fraction of sp³-hybridized carbons (Fsp3) is 0.280. The number of nitrogens with zero attached hydrogens (tertiary/aromatic N) is 3. The molecule has 2 N–H and O–H groups in total. The van der Waals surface area contributed by atoms with Gasteiger partial charge in [0.25, 0.3) is 0 Å². The number of rotatable bonds is 5. The smallest absolute Gasteiger partial charge is 0.132 e. The molecule has 0 bridgehead atoms.